The smallest absolute Gasteiger partial charge is 0.214 e. The van der Waals surface area contributed by atoms with Crippen molar-refractivity contribution in [3.63, 3.8) is 0 Å². The topological polar surface area (TPSA) is 87.2 Å². The number of amidine groups is 1. The van der Waals surface area contributed by atoms with Crippen LogP contribution in [0.3, 0.4) is 0 Å². The summed E-state index contributed by atoms with van der Waals surface area (Å²) in [5, 5.41) is 7.08. The summed E-state index contributed by atoms with van der Waals surface area (Å²) >= 11 is 0. The fraction of sp³-hybridized carbons (Fsp3) is 0.417. The van der Waals surface area contributed by atoms with Crippen molar-refractivity contribution in [2.75, 3.05) is 19.3 Å². The number of rotatable bonds is 7. The van der Waals surface area contributed by atoms with Gasteiger partial charge in [0.25, 0.3) is 0 Å². The lowest BCUT2D eigenvalue weighted by Crippen LogP contribution is -2.32. The van der Waals surface area contributed by atoms with Gasteiger partial charge < -0.3 is 5.73 Å². The molecule has 0 aliphatic rings. The van der Waals surface area contributed by atoms with Gasteiger partial charge in [0.15, 0.2) is 0 Å². The van der Waals surface area contributed by atoms with E-state index >= 15 is 0 Å². The van der Waals surface area contributed by atoms with Crippen LogP contribution in [0.5, 0.6) is 0 Å². The highest BCUT2D eigenvalue weighted by atomic mass is 32.2. The van der Waals surface area contributed by atoms with Gasteiger partial charge in [0.05, 0.1) is 11.6 Å². The van der Waals surface area contributed by atoms with Gasteiger partial charge in [-0.25, -0.2) is 12.7 Å². The quantitative estimate of drug-likeness (QED) is 0.567. The van der Waals surface area contributed by atoms with Crippen molar-refractivity contribution < 1.29 is 8.42 Å². The zero-order valence-electron chi connectivity index (χ0n) is 10.5. The Labute approximate surface area is 108 Å². The summed E-state index contributed by atoms with van der Waals surface area (Å²) in [6.45, 7) is 0.256. The van der Waals surface area contributed by atoms with Gasteiger partial charge in [-0.05, 0) is 12.0 Å². The summed E-state index contributed by atoms with van der Waals surface area (Å²) in [5.74, 6) is 0.0749. The van der Waals surface area contributed by atoms with Crippen LogP contribution in [0.2, 0.25) is 0 Å². The van der Waals surface area contributed by atoms with Crippen LogP contribution in [0.15, 0.2) is 30.3 Å². The Morgan fingerprint density at radius 2 is 1.94 bits per heavy atom. The minimum Gasteiger partial charge on any atom is -0.388 e. The lowest BCUT2D eigenvalue weighted by Gasteiger charge is -2.16. The molecule has 0 fully saturated rings. The third-order valence-corrected chi connectivity index (χ3v) is 4.51. The first-order valence-electron chi connectivity index (χ1n) is 5.72. The van der Waals surface area contributed by atoms with Gasteiger partial charge in [-0.3, -0.25) is 5.41 Å². The standard InChI is InChI=1S/C12H19N3O2S/c1-15(9-7-12(13)14)18(16,17)10-8-11-5-3-2-4-6-11/h2-6H,7-10H2,1H3,(H3,13,14). The molecule has 0 spiro atoms. The predicted molar refractivity (Wildman–Crippen MR) is 73.1 cm³/mol. The summed E-state index contributed by atoms with van der Waals surface area (Å²) < 4.78 is 25.1. The molecule has 0 radical (unpaired) electrons. The fourth-order valence-corrected chi connectivity index (χ4v) is 2.64. The van der Waals surface area contributed by atoms with Crippen LogP contribution in [0.1, 0.15) is 12.0 Å². The minimum absolute atomic E-state index is 0.000101. The van der Waals surface area contributed by atoms with Crippen LogP contribution < -0.4 is 5.73 Å². The molecule has 0 heterocycles. The number of sulfonamides is 1. The Balaban J connectivity index is 2.51. The Hall–Kier alpha value is -1.40. The van der Waals surface area contributed by atoms with E-state index in [0.29, 0.717) is 6.42 Å². The minimum atomic E-state index is -3.27. The first kappa shape index (κ1) is 14.7. The monoisotopic (exact) mass is 269 g/mol. The Bertz CT molecular complexity index is 485. The van der Waals surface area contributed by atoms with E-state index in [4.69, 9.17) is 11.1 Å². The van der Waals surface area contributed by atoms with E-state index in [2.05, 4.69) is 0 Å². The molecule has 0 unspecified atom stereocenters. The zero-order chi connectivity index (χ0) is 13.6. The molecule has 1 aromatic carbocycles. The van der Waals surface area contributed by atoms with Crippen molar-refractivity contribution in [3.05, 3.63) is 35.9 Å². The second kappa shape index (κ2) is 6.51. The van der Waals surface area contributed by atoms with Crippen LogP contribution in [-0.4, -0.2) is 37.9 Å². The van der Waals surface area contributed by atoms with Crippen molar-refractivity contribution in [1.29, 1.82) is 5.41 Å². The highest BCUT2D eigenvalue weighted by Crippen LogP contribution is 2.05. The maximum Gasteiger partial charge on any atom is 0.214 e. The van der Waals surface area contributed by atoms with Gasteiger partial charge in [0.1, 0.15) is 0 Å². The van der Waals surface area contributed by atoms with Crippen LogP contribution in [-0.2, 0) is 16.4 Å². The molecule has 3 N–H and O–H groups in total. The molecular formula is C12H19N3O2S. The zero-order valence-corrected chi connectivity index (χ0v) is 11.3. The van der Waals surface area contributed by atoms with Crippen molar-refractivity contribution in [3.8, 4) is 0 Å². The summed E-state index contributed by atoms with van der Waals surface area (Å²) in [5.41, 5.74) is 6.21. The highest BCUT2D eigenvalue weighted by Gasteiger charge is 2.17. The number of nitrogens with zero attached hydrogens (tertiary/aromatic N) is 1. The van der Waals surface area contributed by atoms with E-state index in [9.17, 15) is 8.42 Å². The average molecular weight is 269 g/mol. The summed E-state index contributed by atoms with van der Waals surface area (Å²) in [6, 6.07) is 9.50. The highest BCUT2D eigenvalue weighted by molar-refractivity contribution is 7.89. The molecule has 5 nitrogen and oxygen atoms in total. The summed E-state index contributed by atoms with van der Waals surface area (Å²) in [7, 11) is -1.76. The van der Waals surface area contributed by atoms with Gasteiger partial charge >= 0.3 is 0 Å². The van der Waals surface area contributed by atoms with E-state index in [1.807, 2.05) is 30.3 Å². The number of aryl methyl sites for hydroxylation is 1. The molecular weight excluding hydrogens is 250 g/mol. The molecule has 1 aromatic rings. The molecule has 6 heteroatoms. The first-order valence-corrected chi connectivity index (χ1v) is 7.33. The molecule has 0 aliphatic carbocycles. The number of benzene rings is 1. The van der Waals surface area contributed by atoms with Crippen molar-refractivity contribution >= 4 is 15.9 Å². The van der Waals surface area contributed by atoms with Crippen LogP contribution in [0, 0.1) is 5.41 Å². The Kier molecular flexibility index (Phi) is 5.30. The van der Waals surface area contributed by atoms with E-state index in [1.165, 1.54) is 11.4 Å². The maximum absolute atomic E-state index is 11.9. The molecule has 0 aromatic heterocycles. The van der Waals surface area contributed by atoms with Crippen molar-refractivity contribution in [2.45, 2.75) is 12.8 Å². The third kappa shape index (κ3) is 4.85. The van der Waals surface area contributed by atoms with Crippen LogP contribution in [0.4, 0.5) is 0 Å². The van der Waals surface area contributed by atoms with Crippen LogP contribution >= 0.6 is 0 Å². The van der Waals surface area contributed by atoms with E-state index < -0.39 is 10.0 Å². The maximum atomic E-state index is 11.9. The molecule has 0 aliphatic heterocycles. The first-order chi connectivity index (χ1) is 8.42. The number of hydrogen-bond donors (Lipinski definition) is 2. The normalized spacial score (nSPS) is 11.7. The molecule has 1 rings (SSSR count). The number of hydrogen-bond acceptors (Lipinski definition) is 3. The van der Waals surface area contributed by atoms with Crippen molar-refractivity contribution in [2.24, 2.45) is 5.73 Å². The van der Waals surface area contributed by atoms with E-state index in [0.717, 1.165) is 5.56 Å². The van der Waals surface area contributed by atoms with E-state index in [-0.39, 0.29) is 24.6 Å². The summed E-state index contributed by atoms with van der Waals surface area (Å²) in [4.78, 5) is 0. The van der Waals surface area contributed by atoms with Crippen molar-refractivity contribution in [1.82, 2.24) is 4.31 Å². The molecule has 18 heavy (non-hydrogen) atoms. The fourth-order valence-electron chi connectivity index (χ4n) is 1.46. The van der Waals surface area contributed by atoms with Gasteiger partial charge in [-0.15, -0.1) is 0 Å². The molecule has 0 bridgehead atoms. The van der Waals surface area contributed by atoms with Crippen LogP contribution in [0.25, 0.3) is 0 Å². The second-order valence-corrected chi connectivity index (χ2v) is 6.34. The lowest BCUT2D eigenvalue weighted by molar-refractivity contribution is 0.477. The van der Waals surface area contributed by atoms with E-state index in [1.54, 1.807) is 0 Å². The SMILES string of the molecule is CN(CCC(=N)N)S(=O)(=O)CCc1ccccc1. The van der Waals surface area contributed by atoms with Gasteiger partial charge in [0.2, 0.25) is 10.0 Å². The second-order valence-electron chi connectivity index (χ2n) is 4.15. The molecule has 0 amide bonds. The van der Waals surface area contributed by atoms with Gasteiger partial charge in [-0.1, -0.05) is 30.3 Å². The molecule has 0 atom stereocenters. The predicted octanol–water partition coefficient (Wildman–Crippen LogP) is 0.817. The average Bonchev–Trinajstić information content (AvgIpc) is 2.34. The van der Waals surface area contributed by atoms with Gasteiger partial charge in [0, 0.05) is 20.0 Å². The van der Waals surface area contributed by atoms with Gasteiger partial charge in [-0.2, -0.15) is 0 Å². The third-order valence-electron chi connectivity index (χ3n) is 2.66. The largest absolute Gasteiger partial charge is 0.388 e. The number of nitrogens with two attached hydrogens (primary N) is 1. The number of nitrogens with one attached hydrogen (secondary N) is 1. The Morgan fingerprint density at radius 3 is 2.50 bits per heavy atom. The summed E-state index contributed by atoms with van der Waals surface area (Å²) in [6.07, 6.45) is 0.759. The molecule has 0 saturated carbocycles. The Morgan fingerprint density at radius 1 is 1.33 bits per heavy atom. The molecule has 100 valence electrons. The molecule has 0 saturated heterocycles. The lowest BCUT2D eigenvalue weighted by atomic mass is 10.2.